The first kappa shape index (κ1) is 15.3. The van der Waals surface area contributed by atoms with Gasteiger partial charge in [-0.05, 0) is 12.1 Å². The molecule has 0 fully saturated rings. The summed E-state index contributed by atoms with van der Waals surface area (Å²) in [4.78, 5) is 15.0. The van der Waals surface area contributed by atoms with Crippen molar-refractivity contribution in [2.24, 2.45) is 4.99 Å². The number of dihydropyridines is 1. The number of nitrogens with zero attached hydrogens (tertiary/aromatic N) is 1. The molecular weight excluding hydrogens is 303 g/mol. The van der Waals surface area contributed by atoms with Crippen LogP contribution in [0.2, 0.25) is 5.02 Å². The van der Waals surface area contributed by atoms with Gasteiger partial charge in [0, 0.05) is 17.7 Å². The molecule has 1 atom stereocenters. The molecule has 1 heterocycles. The van der Waals surface area contributed by atoms with Crippen LogP contribution >= 0.6 is 11.6 Å². The number of hydroxylamine groups is 1. The molecule has 112 valence electrons. The Hall–Kier alpha value is -2.12. The molecule has 1 aliphatic rings. The monoisotopic (exact) mass is 314 g/mol. The molecule has 1 aromatic carbocycles. The largest absolute Gasteiger partial charge is 0.492 e. The molecule has 0 amide bonds. The predicted octanol–water partition coefficient (Wildman–Crippen LogP) is 2.32. The molecule has 0 spiro atoms. The summed E-state index contributed by atoms with van der Waals surface area (Å²) < 4.78 is 19.2. The van der Waals surface area contributed by atoms with Gasteiger partial charge in [0.2, 0.25) is 0 Å². The molecule has 8 heteroatoms. The standard InChI is InChI=1S/C13H12ClFN2O4/c1-21-12-8(14)3-2-7(11(12)15)9-4-6(17-20)5-10(16-9)13(18)19/h2-3,5,9,17,20H,4H2,1H3,(H,18,19). The zero-order chi connectivity index (χ0) is 15.6. The summed E-state index contributed by atoms with van der Waals surface area (Å²) in [7, 11) is 1.28. The molecule has 6 nitrogen and oxygen atoms in total. The lowest BCUT2D eigenvalue weighted by atomic mass is 9.98. The zero-order valence-corrected chi connectivity index (χ0v) is 11.7. The van der Waals surface area contributed by atoms with Crippen molar-refractivity contribution in [2.45, 2.75) is 12.5 Å². The topological polar surface area (TPSA) is 91.1 Å². The molecule has 3 N–H and O–H groups in total. The highest BCUT2D eigenvalue weighted by atomic mass is 35.5. The summed E-state index contributed by atoms with van der Waals surface area (Å²) in [6, 6.07) is 2.05. The summed E-state index contributed by atoms with van der Waals surface area (Å²) in [5, 5.41) is 18.1. The van der Waals surface area contributed by atoms with E-state index in [4.69, 9.17) is 26.7 Å². The second-order valence-corrected chi connectivity index (χ2v) is 4.71. The summed E-state index contributed by atoms with van der Waals surface area (Å²) in [5.74, 6) is -2.11. The van der Waals surface area contributed by atoms with Crippen molar-refractivity contribution >= 4 is 23.3 Å². The third-order valence-electron chi connectivity index (χ3n) is 3.02. The fraction of sp³-hybridized carbons (Fsp3) is 0.231. The van der Waals surface area contributed by atoms with Crippen molar-refractivity contribution in [3.8, 4) is 5.75 Å². The summed E-state index contributed by atoms with van der Waals surface area (Å²) in [5.41, 5.74) is 1.96. The number of ether oxygens (including phenoxy) is 1. The maximum atomic E-state index is 14.3. The van der Waals surface area contributed by atoms with E-state index in [0.717, 1.165) is 0 Å². The van der Waals surface area contributed by atoms with E-state index >= 15 is 0 Å². The first-order valence-electron chi connectivity index (χ1n) is 5.91. The van der Waals surface area contributed by atoms with E-state index in [9.17, 15) is 9.18 Å². The van der Waals surface area contributed by atoms with Crippen LogP contribution in [0, 0.1) is 5.82 Å². The predicted molar refractivity (Wildman–Crippen MR) is 73.4 cm³/mol. The van der Waals surface area contributed by atoms with Gasteiger partial charge in [-0.15, -0.1) is 0 Å². The van der Waals surface area contributed by atoms with Crippen LogP contribution in [-0.4, -0.2) is 29.1 Å². The molecule has 1 aromatic rings. The number of carboxylic acids is 1. The van der Waals surface area contributed by atoms with Crippen LogP contribution in [-0.2, 0) is 4.79 Å². The van der Waals surface area contributed by atoms with Gasteiger partial charge in [0.1, 0.15) is 5.71 Å². The molecule has 21 heavy (non-hydrogen) atoms. The quantitative estimate of drug-likeness (QED) is 0.742. The molecule has 0 bridgehead atoms. The van der Waals surface area contributed by atoms with Crippen LogP contribution in [0.1, 0.15) is 18.0 Å². The molecule has 0 aliphatic carbocycles. The van der Waals surface area contributed by atoms with E-state index in [1.807, 2.05) is 5.48 Å². The minimum Gasteiger partial charge on any atom is -0.492 e. The van der Waals surface area contributed by atoms with Crippen molar-refractivity contribution in [3.05, 3.63) is 40.3 Å². The smallest absolute Gasteiger partial charge is 0.354 e. The Morgan fingerprint density at radius 1 is 1.57 bits per heavy atom. The van der Waals surface area contributed by atoms with E-state index in [1.165, 1.54) is 25.3 Å². The van der Waals surface area contributed by atoms with Gasteiger partial charge < -0.3 is 9.84 Å². The Kier molecular flexibility index (Phi) is 4.44. The minimum atomic E-state index is -1.27. The first-order valence-corrected chi connectivity index (χ1v) is 6.29. The van der Waals surface area contributed by atoms with Crippen molar-refractivity contribution in [3.63, 3.8) is 0 Å². The summed E-state index contributed by atoms with van der Waals surface area (Å²) in [6.07, 6.45) is 1.30. The number of benzene rings is 1. The summed E-state index contributed by atoms with van der Waals surface area (Å²) >= 11 is 5.82. The van der Waals surface area contributed by atoms with E-state index in [1.54, 1.807) is 0 Å². The Morgan fingerprint density at radius 3 is 2.86 bits per heavy atom. The molecule has 1 aliphatic heterocycles. The van der Waals surface area contributed by atoms with Gasteiger partial charge in [0.15, 0.2) is 11.6 Å². The molecule has 0 radical (unpaired) electrons. The number of aliphatic carboxylic acids is 1. The van der Waals surface area contributed by atoms with Gasteiger partial charge >= 0.3 is 5.97 Å². The van der Waals surface area contributed by atoms with E-state index in [0.29, 0.717) is 0 Å². The number of carbonyl (C=O) groups is 1. The lowest BCUT2D eigenvalue weighted by Gasteiger charge is -2.21. The third kappa shape index (κ3) is 2.98. The average molecular weight is 315 g/mol. The van der Waals surface area contributed by atoms with E-state index in [-0.39, 0.29) is 34.2 Å². The van der Waals surface area contributed by atoms with Crippen molar-refractivity contribution in [1.82, 2.24) is 5.48 Å². The Labute approximate surface area is 124 Å². The van der Waals surface area contributed by atoms with Gasteiger partial charge in [-0.3, -0.25) is 15.7 Å². The Balaban J connectivity index is 2.48. The van der Waals surface area contributed by atoms with Crippen LogP contribution in [0.15, 0.2) is 28.9 Å². The van der Waals surface area contributed by atoms with E-state index in [2.05, 4.69) is 4.99 Å². The fourth-order valence-electron chi connectivity index (χ4n) is 2.05. The van der Waals surface area contributed by atoms with E-state index < -0.39 is 17.8 Å². The minimum absolute atomic E-state index is 0.105. The van der Waals surface area contributed by atoms with Crippen LogP contribution in [0.25, 0.3) is 0 Å². The van der Waals surface area contributed by atoms with Gasteiger partial charge in [-0.25, -0.2) is 9.18 Å². The third-order valence-corrected chi connectivity index (χ3v) is 3.32. The van der Waals surface area contributed by atoms with Crippen LogP contribution in [0.4, 0.5) is 4.39 Å². The molecule has 0 saturated heterocycles. The highest BCUT2D eigenvalue weighted by molar-refractivity contribution is 6.40. The maximum absolute atomic E-state index is 14.3. The number of hydrogen-bond donors (Lipinski definition) is 3. The van der Waals surface area contributed by atoms with Crippen molar-refractivity contribution in [1.29, 1.82) is 0 Å². The molecule has 2 rings (SSSR count). The molecular formula is C13H12ClFN2O4. The number of carboxylic acid groups (broad SMARTS) is 1. The maximum Gasteiger partial charge on any atom is 0.354 e. The van der Waals surface area contributed by atoms with Gasteiger partial charge in [-0.2, -0.15) is 0 Å². The first-order chi connectivity index (χ1) is 9.97. The van der Waals surface area contributed by atoms with Crippen LogP contribution in [0.3, 0.4) is 0 Å². The number of aliphatic imine (C=N–C) groups is 1. The molecule has 1 unspecified atom stereocenters. The lowest BCUT2D eigenvalue weighted by molar-refractivity contribution is -0.129. The SMILES string of the molecule is COc1c(Cl)ccc(C2CC(NO)=CC(C(=O)O)=N2)c1F. The van der Waals surface area contributed by atoms with Crippen LogP contribution in [0.5, 0.6) is 5.75 Å². The van der Waals surface area contributed by atoms with Crippen molar-refractivity contribution in [2.75, 3.05) is 7.11 Å². The fourth-order valence-corrected chi connectivity index (χ4v) is 2.27. The second kappa shape index (κ2) is 6.11. The van der Waals surface area contributed by atoms with Crippen LogP contribution < -0.4 is 10.2 Å². The Morgan fingerprint density at radius 2 is 2.29 bits per heavy atom. The normalized spacial score (nSPS) is 17.8. The number of rotatable bonds is 4. The highest BCUT2D eigenvalue weighted by Crippen LogP contribution is 2.36. The van der Waals surface area contributed by atoms with Gasteiger partial charge in [0.05, 0.1) is 18.2 Å². The summed E-state index contributed by atoms with van der Waals surface area (Å²) in [6.45, 7) is 0. The zero-order valence-electron chi connectivity index (χ0n) is 10.9. The number of nitrogens with one attached hydrogen (secondary N) is 1. The number of hydrogen-bond acceptors (Lipinski definition) is 5. The van der Waals surface area contributed by atoms with Gasteiger partial charge in [-0.1, -0.05) is 17.7 Å². The molecule has 0 aromatic heterocycles. The number of methoxy groups -OCH3 is 1. The molecule has 0 saturated carbocycles. The second-order valence-electron chi connectivity index (χ2n) is 4.30. The van der Waals surface area contributed by atoms with Gasteiger partial charge in [0.25, 0.3) is 0 Å². The lowest BCUT2D eigenvalue weighted by Crippen LogP contribution is -2.22. The average Bonchev–Trinajstić information content (AvgIpc) is 2.47. The number of halogens is 2. The van der Waals surface area contributed by atoms with Crippen molar-refractivity contribution < 1.29 is 24.2 Å². The Bertz CT molecular complexity index is 645. The highest BCUT2D eigenvalue weighted by Gasteiger charge is 2.26.